The Balaban J connectivity index is 1.76. The molecule has 2 rings (SSSR count). The molecule has 1 N–H and O–H groups in total. The van der Waals surface area contributed by atoms with Crippen LogP contribution in [0.2, 0.25) is 0 Å². The molecule has 1 heterocycles. The molecule has 1 aromatic rings. The summed E-state index contributed by atoms with van der Waals surface area (Å²) in [6.45, 7) is 11.1. The summed E-state index contributed by atoms with van der Waals surface area (Å²) in [5.41, 5.74) is 3.19. The maximum atomic E-state index is 12.1. The minimum absolute atomic E-state index is 0.103. The van der Waals surface area contributed by atoms with Crippen LogP contribution in [0.5, 0.6) is 0 Å². The molecule has 1 aromatic carbocycles. The molecule has 22 heavy (non-hydrogen) atoms. The molecule has 0 bridgehead atoms. The molecule has 0 radical (unpaired) electrons. The zero-order valence-corrected chi connectivity index (χ0v) is 14.2. The minimum atomic E-state index is 0.103. The van der Waals surface area contributed by atoms with Crippen LogP contribution >= 0.6 is 0 Å². The maximum absolute atomic E-state index is 12.1. The van der Waals surface area contributed by atoms with Gasteiger partial charge >= 0.3 is 0 Å². The summed E-state index contributed by atoms with van der Waals surface area (Å²) in [6, 6.07) is 6.07. The second-order valence-electron chi connectivity index (χ2n) is 6.44. The third kappa shape index (κ3) is 4.82. The van der Waals surface area contributed by atoms with Gasteiger partial charge in [-0.1, -0.05) is 18.2 Å². The van der Waals surface area contributed by atoms with E-state index in [1.807, 2.05) is 32.0 Å². The summed E-state index contributed by atoms with van der Waals surface area (Å²) in [5, 5.41) is 3.05. The van der Waals surface area contributed by atoms with Gasteiger partial charge < -0.3 is 10.1 Å². The number of nitrogens with one attached hydrogen (secondary N) is 1. The third-order valence-corrected chi connectivity index (χ3v) is 4.12. The molecule has 0 aromatic heterocycles. The Labute approximate surface area is 133 Å². The molecule has 2 atom stereocenters. The van der Waals surface area contributed by atoms with Crippen LogP contribution in [0.4, 0.5) is 5.69 Å². The van der Waals surface area contributed by atoms with Crippen LogP contribution in [0, 0.1) is 13.8 Å². The van der Waals surface area contributed by atoms with Crippen molar-refractivity contribution in [2.24, 2.45) is 0 Å². The molecule has 1 amide bonds. The average Bonchev–Trinajstić information content (AvgIpc) is 2.42. The van der Waals surface area contributed by atoms with Crippen molar-refractivity contribution in [2.75, 3.05) is 25.0 Å². The van der Waals surface area contributed by atoms with Crippen LogP contribution in [-0.2, 0) is 9.53 Å². The predicted octanol–water partition coefficient (Wildman–Crippen LogP) is 3.13. The lowest BCUT2D eigenvalue weighted by Gasteiger charge is -2.35. The standard InChI is InChI=1S/C18H28N2O2/c1-13-7-5-8-14(2)18(13)19-17(21)9-6-10-20-11-15(3)22-16(4)12-20/h5,7-8,15-16H,6,9-12H2,1-4H3,(H,19,21)/t15-,16-/m0/s1. The van der Waals surface area contributed by atoms with Crippen molar-refractivity contribution in [3.63, 3.8) is 0 Å². The first-order valence-electron chi connectivity index (χ1n) is 8.19. The molecule has 122 valence electrons. The van der Waals surface area contributed by atoms with E-state index in [0.717, 1.165) is 42.9 Å². The molecule has 0 saturated carbocycles. The van der Waals surface area contributed by atoms with Gasteiger partial charge in [0.2, 0.25) is 5.91 Å². The number of amides is 1. The fourth-order valence-corrected chi connectivity index (χ4v) is 3.14. The number of benzene rings is 1. The molecule has 1 saturated heterocycles. The molecule has 4 nitrogen and oxygen atoms in total. The lowest BCUT2D eigenvalue weighted by molar-refractivity contribution is -0.116. The van der Waals surface area contributed by atoms with Crippen LogP contribution in [0.3, 0.4) is 0 Å². The van der Waals surface area contributed by atoms with E-state index in [-0.39, 0.29) is 18.1 Å². The van der Waals surface area contributed by atoms with Crippen molar-refractivity contribution >= 4 is 11.6 Å². The highest BCUT2D eigenvalue weighted by Gasteiger charge is 2.21. The number of hydrogen-bond donors (Lipinski definition) is 1. The normalized spacial score (nSPS) is 22.5. The summed E-state index contributed by atoms with van der Waals surface area (Å²) in [7, 11) is 0. The van der Waals surface area contributed by atoms with Gasteiger partial charge in [-0.15, -0.1) is 0 Å². The number of ether oxygens (including phenoxy) is 1. The fourth-order valence-electron chi connectivity index (χ4n) is 3.14. The molecular formula is C18H28N2O2. The molecule has 1 fully saturated rings. The van der Waals surface area contributed by atoms with Crippen molar-refractivity contribution in [3.8, 4) is 0 Å². The van der Waals surface area contributed by atoms with E-state index >= 15 is 0 Å². The Hall–Kier alpha value is -1.39. The lowest BCUT2D eigenvalue weighted by atomic mass is 10.1. The van der Waals surface area contributed by atoms with Gasteiger partial charge in [0.05, 0.1) is 12.2 Å². The van der Waals surface area contributed by atoms with Crippen molar-refractivity contribution in [3.05, 3.63) is 29.3 Å². The van der Waals surface area contributed by atoms with E-state index < -0.39 is 0 Å². The number of para-hydroxylation sites is 1. The van der Waals surface area contributed by atoms with E-state index in [1.165, 1.54) is 0 Å². The second-order valence-corrected chi connectivity index (χ2v) is 6.44. The number of anilines is 1. The molecular weight excluding hydrogens is 276 g/mol. The topological polar surface area (TPSA) is 41.6 Å². The van der Waals surface area contributed by atoms with Gasteiger partial charge in [0, 0.05) is 25.2 Å². The largest absolute Gasteiger partial charge is 0.373 e. The van der Waals surface area contributed by atoms with Crippen LogP contribution in [0.25, 0.3) is 0 Å². The zero-order valence-electron chi connectivity index (χ0n) is 14.2. The van der Waals surface area contributed by atoms with E-state index in [1.54, 1.807) is 0 Å². The summed E-state index contributed by atoms with van der Waals surface area (Å²) in [4.78, 5) is 14.5. The van der Waals surface area contributed by atoms with Gasteiger partial charge in [-0.05, 0) is 51.8 Å². The van der Waals surface area contributed by atoms with E-state index in [4.69, 9.17) is 4.74 Å². The Morgan fingerprint density at radius 3 is 2.41 bits per heavy atom. The van der Waals surface area contributed by atoms with Crippen molar-refractivity contribution in [1.82, 2.24) is 4.90 Å². The number of rotatable bonds is 5. The zero-order chi connectivity index (χ0) is 16.1. The van der Waals surface area contributed by atoms with Crippen LogP contribution < -0.4 is 5.32 Å². The Morgan fingerprint density at radius 1 is 1.23 bits per heavy atom. The van der Waals surface area contributed by atoms with Crippen molar-refractivity contribution < 1.29 is 9.53 Å². The Kier molecular flexibility index (Phi) is 5.98. The van der Waals surface area contributed by atoms with Gasteiger partial charge in [-0.2, -0.15) is 0 Å². The fraction of sp³-hybridized carbons (Fsp3) is 0.611. The summed E-state index contributed by atoms with van der Waals surface area (Å²) >= 11 is 0. The second kappa shape index (κ2) is 7.75. The molecule has 4 heteroatoms. The predicted molar refractivity (Wildman–Crippen MR) is 90.2 cm³/mol. The van der Waals surface area contributed by atoms with Gasteiger partial charge in [-0.3, -0.25) is 9.69 Å². The number of hydrogen-bond acceptors (Lipinski definition) is 3. The number of morpholine rings is 1. The van der Waals surface area contributed by atoms with Crippen molar-refractivity contribution in [1.29, 1.82) is 0 Å². The van der Waals surface area contributed by atoms with E-state index in [0.29, 0.717) is 6.42 Å². The van der Waals surface area contributed by atoms with Crippen LogP contribution in [0.1, 0.15) is 37.8 Å². The molecule has 1 aliphatic heterocycles. The van der Waals surface area contributed by atoms with Gasteiger partial charge in [0.25, 0.3) is 0 Å². The first kappa shape index (κ1) is 17.0. The molecule has 0 unspecified atom stereocenters. The number of carbonyl (C=O) groups excluding carboxylic acids is 1. The lowest BCUT2D eigenvalue weighted by Crippen LogP contribution is -2.45. The van der Waals surface area contributed by atoms with Gasteiger partial charge in [0.1, 0.15) is 0 Å². The third-order valence-electron chi connectivity index (χ3n) is 4.12. The Bertz CT molecular complexity index is 486. The summed E-state index contributed by atoms with van der Waals surface area (Å²) in [5.74, 6) is 0.103. The van der Waals surface area contributed by atoms with E-state index in [9.17, 15) is 4.79 Å². The van der Waals surface area contributed by atoms with Gasteiger partial charge in [0.15, 0.2) is 0 Å². The minimum Gasteiger partial charge on any atom is -0.373 e. The average molecular weight is 304 g/mol. The first-order valence-corrected chi connectivity index (χ1v) is 8.19. The monoisotopic (exact) mass is 304 g/mol. The first-order chi connectivity index (χ1) is 10.5. The SMILES string of the molecule is Cc1cccc(C)c1NC(=O)CCCN1C[C@H](C)O[C@@H](C)C1. The van der Waals surface area contributed by atoms with E-state index in [2.05, 4.69) is 24.1 Å². The molecule has 0 aliphatic carbocycles. The number of carbonyl (C=O) groups is 1. The highest BCUT2D eigenvalue weighted by Crippen LogP contribution is 2.19. The number of aryl methyl sites for hydroxylation is 2. The summed E-state index contributed by atoms with van der Waals surface area (Å²) in [6.07, 6.45) is 2.02. The Morgan fingerprint density at radius 2 is 1.82 bits per heavy atom. The van der Waals surface area contributed by atoms with Gasteiger partial charge in [-0.25, -0.2) is 0 Å². The summed E-state index contributed by atoms with van der Waals surface area (Å²) < 4.78 is 5.73. The molecule has 0 spiro atoms. The molecule has 1 aliphatic rings. The van der Waals surface area contributed by atoms with Crippen LogP contribution in [-0.4, -0.2) is 42.6 Å². The number of nitrogens with zero attached hydrogens (tertiary/aromatic N) is 1. The maximum Gasteiger partial charge on any atom is 0.224 e. The highest BCUT2D eigenvalue weighted by molar-refractivity contribution is 5.92. The van der Waals surface area contributed by atoms with Crippen LogP contribution in [0.15, 0.2) is 18.2 Å². The smallest absolute Gasteiger partial charge is 0.224 e. The van der Waals surface area contributed by atoms with Crippen molar-refractivity contribution in [2.45, 2.75) is 52.7 Å². The highest BCUT2D eigenvalue weighted by atomic mass is 16.5. The quantitative estimate of drug-likeness (QED) is 0.908.